The van der Waals surface area contributed by atoms with Crippen LogP contribution in [0.4, 0.5) is 4.79 Å². The molecule has 0 atom stereocenters. The quantitative estimate of drug-likeness (QED) is 0.827. The molecule has 1 heterocycles. The minimum atomic E-state index is -0.407. The minimum Gasteiger partial charge on any atom is -0.495 e. The predicted molar refractivity (Wildman–Crippen MR) is 97.9 cm³/mol. The summed E-state index contributed by atoms with van der Waals surface area (Å²) in [5, 5.41) is 0.392. The van der Waals surface area contributed by atoms with Crippen molar-refractivity contribution < 1.29 is 19.1 Å². The molecule has 1 aliphatic heterocycles. The Morgan fingerprint density at radius 3 is 2.23 bits per heavy atom. The van der Waals surface area contributed by atoms with Gasteiger partial charge in [0.05, 0.1) is 12.1 Å². The highest BCUT2D eigenvalue weighted by Gasteiger charge is 2.26. The van der Waals surface area contributed by atoms with Gasteiger partial charge in [0.2, 0.25) is 0 Å². The van der Waals surface area contributed by atoms with Crippen LogP contribution in [-0.2, 0) is 0 Å². The van der Waals surface area contributed by atoms with Crippen molar-refractivity contribution in [3.63, 3.8) is 0 Å². The van der Waals surface area contributed by atoms with Gasteiger partial charge in [-0.3, -0.25) is 4.79 Å². The van der Waals surface area contributed by atoms with E-state index in [-0.39, 0.29) is 5.91 Å². The van der Waals surface area contributed by atoms with E-state index in [1.54, 1.807) is 52.3 Å². The van der Waals surface area contributed by atoms with Crippen LogP contribution in [0.5, 0.6) is 11.5 Å². The van der Waals surface area contributed by atoms with Gasteiger partial charge in [-0.25, -0.2) is 4.79 Å². The van der Waals surface area contributed by atoms with E-state index in [0.717, 1.165) is 0 Å². The van der Waals surface area contributed by atoms with E-state index in [1.807, 2.05) is 6.07 Å². The number of carbonyl (C=O) groups is 2. The Labute approximate surface area is 156 Å². The zero-order chi connectivity index (χ0) is 18.5. The van der Waals surface area contributed by atoms with Gasteiger partial charge in [0.25, 0.3) is 5.91 Å². The molecule has 1 aliphatic rings. The lowest BCUT2D eigenvalue weighted by molar-refractivity contribution is 0.0633. The number of halogens is 1. The van der Waals surface area contributed by atoms with Crippen LogP contribution in [-0.4, -0.2) is 55.1 Å². The lowest BCUT2D eigenvalue weighted by Gasteiger charge is -2.34. The first-order chi connectivity index (χ1) is 12.6. The van der Waals surface area contributed by atoms with Gasteiger partial charge in [-0.1, -0.05) is 29.8 Å². The molecule has 0 unspecified atom stereocenters. The van der Waals surface area contributed by atoms with Gasteiger partial charge in [0.1, 0.15) is 11.5 Å². The molecule has 0 saturated carbocycles. The molecule has 0 N–H and O–H groups in total. The molecule has 1 fully saturated rings. The molecule has 136 valence electrons. The Hall–Kier alpha value is -2.73. The molecule has 7 heteroatoms. The first-order valence-electron chi connectivity index (χ1n) is 8.23. The summed E-state index contributed by atoms with van der Waals surface area (Å²) in [6.45, 7) is 1.71. The number of carbonyl (C=O) groups excluding carboxylic acids is 2. The molecular weight excluding hydrogens is 356 g/mol. The van der Waals surface area contributed by atoms with Crippen LogP contribution < -0.4 is 9.47 Å². The summed E-state index contributed by atoms with van der Waals surface area (Å²) in [5.41, 5.74) is 0.496. The molecular formula is C19H19ClN2O4. The maximum Gasteiger partial charge on any atom is 0.415 e. The fraction of sp³-hybridized carbons (Fsp3) is 0.263. The van der Waals surface area contributed by atoms with Crippen LogP contribution in [0.2, 0.25) is 5.02 Å². The van der Waals surface area contributed by atoms with E-state index in [9.17, 15) is 9.59 Å². The van der Waals surface area contributed by atoms with E-state index in [2.05, 4.69) is 0 Å². The molecule has 2 aromatic carbocycles. The Bertz CT molecular complexity index is 789. The smallest absolute Gasteiger partial charge is 0.415 e. The number of hydrogen-bond acceptors (Lipinski definition) is 4. The summed E-state index contributed by atoms with van der Waals surface area (Å²) in [4.78, 5) is 28.1. The normalized spacial score (nSPS) is 14.1. The Morgan fingerprint density at radius 2 is 1.62 bits per heavy atom. The average molecular weight is 375 g/mol. The van der Waals surface area contributed by atoms with Crippen molar-refractivity contribution >= 4 is 23.6 Å². The second kappa shape index (κ2) is 8.10. The highest BCUT2D eigenvalue weighted by atomic mass is 35.5. The van der Waals surface area contributed by atoms with E-state index in [4.69, 9.17) is 21.1 Å². The minimum absolute atomic E-state index is 0.120. The van der Waals surface area contributed by atoms with Gasteiger partial charge in [-0.15, -0.1) is 0 Å². The first-order valence-corrected chi connectivity index (χ1v) is 8.61. The number of rotatable bonds is 3. The van der Waals surface area contributed by atoms with Crippen LogP contribution in [0.3, 0.4) is 0 Å². The van der Waals surface area contributed by atoms with Crippen LogP contribution in [0.25, 0.3) is 0 Å². The summed E-state index contributed by atoms with van der Waals surface area (Å²) in [5.74, 6) is 0.909. The lowest BCUT2D eigenvalue weighted by atomic mass is 10.1. The summed E-state index contributed by atoms with van der Waals surface area (Å²) in [6.07, 6.45) is -0.407. The number of nitrogens with zero attached hydrogens (tertiary/aromatic N) is 2. The molecule has 0 radical (unpaired) electrons. The van der Waals surface area contributed by atoms with Crippen molar-refractivity contribution in [3.8, 4) is 11.5 Å². The number of para-hydroxylation sites is 1. The highest BCUT2D eigenvalue weighted by molar-refractivity contribution is 6.32. The molecule has 0 aromatic heterocycles. The zero-order valence-electron chi connectivity index (χ0n) is 14.4. The molecule has 2 amide bonds. The number of ether oxygens (including phenoxy) is 2. The topological polar surface area (TPSA) is 59.1 Å². The molecule has 26 heavy (non-hydrogen) atoms. The van der Waals surface area contributed by atoms with Crippen molar-refractivity contribution in [3.05, 3.63) is 59.1 Å². The lowest BCUT2D eigenvalue weighted by Crippen LogP contribution is -2.51. The molecule has 2 aromatic rings. The van der Waals surface area contributed by atoms with Gasteiger partial charge in [0, 0.05) is 31.7 Å². The summed E-state index contributed by atoms with van der Waals surface area (Å²) < 4.78 is 10.4. The van der Waals surface area contributed by atoms with E-state index < -0.39 is 6.09 Å². The van der Waals surface area contributed by atoms with Crippen molar-refractivity contribution in [2.75, 3.05) is 33.3 Å². The van der Waals surface area contributed by atoms with E-state index in [1.165, 1.54) is 7.11 Å². The average Bonchev–Trinajstić information content (AvgIpc) is 2.68. The fourth-order valence-corrected chi connectivity index (χ4v) is 2.99. The van der Waals surface area contributed by atoms with Crippen molar-refractivity contribution in [1.29, 1.82) is 0 Å². The maximum atomic E-state index is 12.6. The second-order valence-corrected chi connectivity index (χ2v) is 6.22. The van der Waals surface area contributed by atoms with Crippen molar-refractivity contribution in [1.82, 2.24) is 9.80 Å². The Balaban J connectivity index is 1.57. The predicted octanol–water partition coefficient (Wildman–Crippen LogP) is 3.31. The summed E-state index contributed by atoms with van der Waals surface area (Å²) in [7, 11) is 1.52. The van der Waals surface area contributed by atoms with Gasteiger partial charge >= 0.3 is 6.09 Å². The fourth-order valence-electron chi connectivity index (χ4n) is 2.73. The number of methoxy groups -OCH3 is 1. The monoisotopic (exact) mass is 374 g/mol. The number of amides is 2. The molecule has 0 aliphatic carbocycles. The van der Waals surface area contributed by atoms with Gasteiger partial charge in [-0.05, 0) is 30.3 Å². The highest BCUT2D eigenvalue weighted by Crippen LogP contribution is 2.25. The summed E-state index contributed by atoms with van der Waals surface area (Å²) >= 11 is 6.09. The largest absolute Gasteiger partial charge is 0.495 e. The zero-order valence-corrected chi connectivity index (χ0v) is 15.1. The van der Waals surface area contributed by atoms with Gasteiger partial charge < -0.3 is 19.3 Å². The van der Waals surface area contributed by atoms with Crippen LogP contribution in [0.15, 0.2) is 48.5 Å². The standard InChI is InChI=1S/C19H19ClN2O4/c1-25-17-8-7-14(13-16(17)20)18(23)21-9-11-22(12-10-21)19(24)26-15-5-3-2-4-6-15/h2-8,13H,9-12H2,1H3. The van der Waals surface area contributed by atoms with Crippen molar-refractivity contribution in [2.24, 2.45) is 0 Å². The molecule has 0 bridgehead atoms. The van der Waals surface area contributed by atoms with Crippen LogP contribution in [0.1, 0.15) is 10.4 Å². The molecule has 0 spiro atoms. The third-order valence-electron chi connectivity index (χ3n) is 4.17. The number of hydrogen-bond donors (Lipinski definition) is 0. The molecule has 1 saturated heterocycles. The number of benzene rings is 2. The van der Waals surface area contributed by atoms with Gasteiger partial charge in [-0.2, -0.15) is 0 Å². The Kier molecular flexibility index (Phi) is 5.63. The molecule has 3 rings (SSSR count). The summed E-state index contributed by atoms with van der Waals surface area (Å²) in [6, 6.07) is 13.9. The van der Waals surface area contributed by atoms with Crippen LogP contribution >= 0.6 is 11.6 Å². The maximum absolute atomic E-state index is 12.6. The molecule has 6 nitrogen and oxygen atoms in total. The number of piperazine rings is 1. The third kappa shape index (κ3) is 4.08. The van der Waals surface area contributed by atoms with Crippen molar-refractivity contribution in [2.45, 2.75) is 0 Å². The van der Waals surface area contributed by atoms with E-state index >= 15 is 0 Å². The second-order valence-electron chi connectivity index (χ2n) is 5.81. The third-order valence-corrected chi connectivity index (χ3v) is 4.47. The SMILES string of the molecule is COc1ccc(C(=O)N2CCN(C(=O)Oc3ccccc3)CC2)cc1Cl. The van der Waals surface area contributed by atoms with Gasteiger partial charge in [0.15, 0.2) is 0 Å². The van der Waals surface area contributed by atoms with E-state index in [0.29, 0.717) is 48.3 Å². The Morgan fingerprint density at radius 1 is 0.962 bits per heavy atom. The first kappa shape index (κ1) is 18.1. The van der Waals surface area contributed by atoms with Crippen LogP contribution in [0, 0.1) is 0 Å².